The third kappa shape index (κ3) is 4.18. The Labute approximate surface area is 199 Å². The van der Waals surface area contributed by atoms with Gasteiger partial charge in [-0.2, -0.15) is 0 Å². The minimum Gasteiger partial charge on any atom is -0.494 e. The first-order valence-electron chi connectivity index (χ1n) is 10.7. The van der Waals surface area contributed by atoms with Crippen molar-refractivity contribution >= 4 is 34.6 Å². The topological polar surface area (TPSA) is 89.6 Å². The van der Waals surface area contributed by atoms with E-state index in [9.17, 15) is 9.90 Å². The van der Waals surface area contributed by atoms with Gasteiger partial charge in [-0.15, -0.1) is 0 Å². The molecule has 0 radical (unpaired) electrons. The Morgan fingerprint density at radius 1 is 1.06 bits per heavy atom. The highest BCUT2D eigenvalue weighted by Crippen LogP contribution is 2.32. The highest BCUT2D eigenvalue weighted by molar-refractivity contribution is 7.10. The van der Waals surface area contributed by atoms with Gasteiger partial charge in [0.15, 0.2) is 10.6 Å². The number of allylic oxidation sites excluding steroid dienone is 3. The van der Waals surface area contributed by atoms with Crippen LogP contribution in [-0.4, -0.2) is 32.0 Å². The molecular weight excluding hydrogens is 448 g/mol. The summed E-state index contributed by atoms with van der Waals surface area (Å²) in [7, 11) is 0. The lowest BCUT2D eigenvalue weighted by molar-refractivity contribution is 0.104. The van der Waals surface area contributed by atoms with E-state index in [0.29, 0.717) is 27.8 Å². The maximum atomic E-state index is 12.2. The Bertz CT molecular complexity index is 1480. The standard InChI is InChI=1S/C26H20N4O3S/c1-2-33-19-11-9-18(10-12-19)30-25(32)22(34-26(30)29-23-7-3-4-14-27-23)16-17-8-13-21(31)24-20(17)6-5-15-28-24/h3-16,32H,2H2,1H3/b17-16+,29-26-. The number of ether oxygens (including phenoxy) is 1. The number of aromatic hydroxyl groups is 1. The average Bonchev–Trinajstić information content (AvgIpc) is 3.16. The van der Waals surface area contributed by atoms with Gasteiger partial charge in [0.05, 0.1) is 17.2 Å². The molecule has 0 fully saturated rings. The lowest BCUT2D eigenvalue weighted by Gasteiger charge is -2.11. The van der Waals surface area contributed by atoms with Gasteiger partial charge < -0.3 is 9.84 Å². The fourth-order valence-corrected chi connectivity index (χ4v) is 4.59. The normalized spacial score (nSPS) is 14.4. The molecule has 0 amide bonds. The van der Waals surface area contributed by atoms with Crippen LogP contribution in [0.3, 0.4) is 0 Å². The minimum absolute atomic E-state index is 0.0343. The Morgan fingerprint density at radius 2 is 1.88 bits per heavy atom. The highest BCUT2D eigenvalue weighted by atomic mass is 32.1. The van der Waals surface area contributed by atoms with Gasteiger partial charge in [0.25, 0.3) is 0 Å². The van der Waals surface area contributed by atoms with Gasteiger partial charge in [-0.05, 0) is 67.1 Å². The predicted octanol–water partition coefficient (Wildman–Crippen LogP) is 4.96. The summed E-state index contributed by atoms with van der Waals surface area (Å²) < 4.78 is 7.22. The lowest BCUT2D eigenvalue weighted by atomic mass is 9.95. The molecule has 168 valence electrons. The molecule has 0 spiro atoms. The molecule has 0 bridgehead atoms. The van der Waals surface area contributed by atoms with E-state index in [1.807, 2.05) is 55.5 Å². The predicted molar refractivity (Wildman–Crippen MR) is 132 cm³/mol. The summed E-state index contributed by atoms with van der Waals surface area (Å²) in [6.45, 7) is 2.50. The molecule has 8 heteroatoms. The number of fused-ring (bicyclic) bond motifs is 1. The van der Waals surface area contributed by atoms with Crippen LogP contribution in [0.25, 0.3) is 17.3 Å². The van der Waals surface area contributed by atoms with Crippen molar-refractivity contribution < 1.29 is 14.6 Å². The van der Waals surface area contributed by atoms with E-state index in [0.717, 1.165) is 22.6 Å². The first-order valence-corrected chi connectivity index (χ1v) is 11.5. The van der Waals surface area contributed by atoms with Crippen molar-refractivity contribution in [1.82, 2.24) is 14.5 Å². The number of ketones is 1. The number of benzene rings is 1. The maximum absolute atomic E-state index is 12.2. The zero-order chi connectivity index (χ0) is 23.5. The molecule has 0 saturated carbocycles. The molecule has 0 aliphatic heterocycles. The third-order valence-electron chi connectivity index (χ3n) is 5.14. The van der Waals surface area contributed by atoms with E-state index in [1.165, 1.54) is 17.4 Å². The Kier molecular flexibility index (Phi) is 5.88. The van der Waals surface area contributed by atoms with Crippen LogP contribution in [0, 0.1) is 0 Å². The number of hydrogen-bond donors (Lipinski definition) is 1. The molecule has 1 aromatic carbocycles. The van der Waals surface area contributed by atoms with Crippen molar-refractivity contribution in [2.24, 2.45) is 4.99 Å². The van der Waals surface area contributed by atoms with E-state index in [1.54, 1.807) is 35.2 Å². The molecule has 1 N–H and O–H groups in total. The quantitative estimate of drug-likeness (QED) is 0.447. The number of aromatic nitrogens is 3. The van der Waals surface area contributed by atoms with Crippen LogP contribution in [0.5, 0.6) is 11.6 Å². The molecular formula is C26H20N4O3S. The fraction of sp³-hybridized carbons (Fsp3) is 0.0769. The van der Waals surface area contributed by atoms with E-state index < -0.39 is 0 Å². The summed E-state index contributed by atoms with van der Waals surface area (Å²) in [5.41, 5.74) is 2.62. The van der Waals surface area contributed by atoms with Crippen LogP contribution < -0.4 is 9.54 Å². The van der Waals surface area contributed by atoms with Crippen molar-refractivity contribution in [2.45, 2.75) is 6.92 Å². The Hall–Kier alpha value is -4.30. The second-order valence-corrected chi connectivity index (χ2v) is 8.34. The van der Waals surface area contributed by atoms with Crippen molar-refractivity contribution in [3.8, 4) is 17.3 Å². The smallest absolute Gasteiger partial charge is 0.215 e. The van der Waals surface area contributed by atoms with Crippen molar-refractivity contribution in [3.63, 3.8) is 0 Å². The number of carbonyl (C=O) groups excluding carboxylic acids is 1. The first kappa shape index (κ1) is 21.5. The van der Waals surface area contributed by atoms with E-state index >= 15 is 0 Å². The SMILES string of the molecule is CCOc1ccc(-n2c(O)c(/C=C3\C=CC(=O)c4ncccc43)s/c2=N\c2ccccn2)cc1. The molecule has 0 atom stereocenters. The second-order valence-electron chi connectivity index (χ2n) is 7.33. The van der Waals surface area contributed by atoms with Crippen molar-refractivity contribution in [2.75, 3.05) is 6.61 Å². The molecule has 1 aliphatic carbocycles. The van der Waals surface area contributed by atoms with E-state index in [4.69, 9.17) is 4.74 Å². The fourth-order valence-electron chi connectivity index (χ4n) is 3.60. The van der Waals surface area contributed by atoms with Gasteiger partial charge in [0, 0.05) is 18.0 Å². The molecule has 5 rings (SSSR count). The van der Waals surface area contributed by atoms with Crippen molar-refractivity contribution in [1.29, 1.82) is 0 Å². The van der Waals surface area contributed by atoms with Gasteiger partial charge in [0.1, 0.15) is 11.4 Å². The van der Waals surface area contributed by atoms with Crippen molar-refractivity contribution in [3.05, 3.63) is 100 Å². The van der Waals surface area contributed by atoms with Crippen LogP contribution in [0.1, 0.15) is 27.9 Å². The lowest BCUT2D eigenvalue weighted by Crippen LogP contribution is -2.12. The van der Waals surface area contributed by atoms with Gasteiger partial charge in [-0.1, -0.05) is 29.5 Å². The number of thiazole rings is 1. The molecule has 0 unspecified atom stereocenters. The van der Waals surface area contributed by atoms with Gasteiger partial charge >= 0.3 is 0 Å². The number of carbonyl (C=O) groups is 1. The summed E-state index contributed by atoms with van der Waals surface area (Å²) >= 11 is 1.32. The first-order chi connectivity index (χ1) is 16.6. The summed E-state index contributed by atoms with van der Waals surface area (Å²) in [5.74, 6) is 1.17. The summed E-state index contributed by atoms with van der Waals surface area (Å²) in [4.78, 5) is 26.5. The number of nitrogens with zero attached hydrogens (tertiary/aromatic N) is 4. The zero-order valence-electron chi connectivity index (χ0n) is 18.3. The summed E-state index contributed by atoms with van der Waals surface area (Å²) in [5, 5.41) is 11.3. The zero-order valence-corrected chi connectivity index (χ0v) is 19.1. The molecule has 7 nitrogen and oxygen atoms in total. The Balaban J connectivity index is 1.67. The van der Waals surface area contributed by atoms with Crippen LogP contribution in [-0.2, 0) is 0 Å². The van der Waals surface area contributed by atoms with E-state index in [-0.39, 0.29) is 11.7 Å². The van der Waals surface area contributed by atoms with Crippen LogP contribution in [0.15, 0.2) is 84.1 Å². The van der Waals surface area contributed by atoms with Gasteiger partial charge in [-0.3, -0.25) is 14.3 Å². The summed E-state index contributed by atoms with van der Waals surface area (Å²) in [6.07, 6.45) is 8.34. The number of pyridine rings is 2. The van der Waals surface area contributed by atoms with Gasteiger partial charge in [0.2, 0.25) is 11.7 Å². The molecule has 1 aliphatic rings. The largest absolute Gasteiger partial charge is 0.494 e. The monoisotopic (exact) mass is 468 g/mol. The van der Waals surface area contributed by atoms with Crippen LogP contribution in [0.4, 0.5) is 5.82 Å². The highest BCUT2D eigenvalue weighted by Gasteiger charge is 2.19. The number of hydrogen-bond acceptors (Lipinski definition) is 7. The average molecular weight is 469 g/mol. The number of rotatable bonds is 5. The summed E-state index contributed by atoms with van der Waals surface area (Å²) in [6, 6.07) is 16.5. The molecule has 3 aromatic heterocycles. The maximum Gasteiger partial charge on any atom is 0.215 e. The molecule has 3 heterocycles. The minimum atomic E-state index is -0.140. The molecule has 0 saturated heterocycles. The van der Waals surface area contributed by atoms with Crippen LogP contribution in [0.2, 0.25) is 0 Å². The van der Waals surface area contributed by atoms with Gasteiger partial charge in [-0.25, -0.2) is 9.98 Å². The second kappa shape index (κ2) is 9.29. The third-order valence-corrected chi connectivity index (χ3v) is 6.12. The molecule has 4 aromatic rings. The van der Waals surface area contributed by atoms with E-state index in [2.05, 4.69) is 15.0 Å². The molecule has 34 heavy (non-hydrogen) atoms. The van der Waals surface area contributed by atoms with Crippen LogP contribution >= 0.6 is 11.3 Å². The Morgan fingerprint density at radius 3 is 2.65 bits per heavy atom.